The van der Waals surface area contributed by atoms with Gasteiger partial charge in [-0.05, 0) is 94.5 Å². The van der Waals surface area contributed by atoms with Crippen molar-refractivity contribution in [3.05, 3.63) is 166 Å². The molecule has 0 heterocycles. The Morgan fingerprint density at radius 1 is 0.250 bits per heavy atom. The molecule has 1 aliphatic carbocycles. The fourth-order valence-corrected chi connectivity index (χ4v) is 5.36. The maximum atomic E-state index is 2.29. The Balaban J connectivity index is 1.96. The molecule has 0 aromatic heterocycles. The van der Waals surface area contributed by atoms with Gasteiger partial charge in [0.15, 0.2) is 0 Å². The molecule has 36 heavy (non-hydrogen) atoms. The highest BCUT2D eigenvalue weighted by Gasteiger charge is 2.25. The summed E-state index contributed by atoms with van der Waals surface area (Å²) in [6, 6.07) is 43.4. The first-order chi connectivity index (χ1) is 17.6. The van der Waals surface area contributed by atoms with Crippen molar-refractivity contribution in [3.8, 4) is 0 Å². The number of allylic oxidation sites excluding steroid dienone is 8. The summed E-state index contributed by atoms with van der Waals surface area (Å²) in [7, 11) is 0. The van der Waals surface area contributed by atoms with Crippen LogP contribution in [-0.2, 0) is 0 Å². The monoisotopic (exact) mass is 464 g/mol. The Morgan fingerprint density at radius 2 is 0.417 bits per heavy atom. The van der Waals surface area contributed by atoms with E-state index in [0.717, 1.165) is 0 Å². The normalized spacial score (nSPS) is 22.8. The first-order valence-corrected chi connectivity index (χ1v) is 12.6. The van der Waals surface area contributed by atoms with Crippen LogP contribution in [0.5, 0.6) is 0 Å². The largest absolute Gasteiger partial charge is 0.0622 e. The molecule has 0 radical (unpaired) electrons. The van der Waals surface area contributed by atoms with Crippen molar-refractivity contribution >= 4 is 22.3 Å². The molecule has 0 aliphatic heterocycles. The Labute approximate surface area is 215 Å². The van der Waals surface area contributed by atoms with Crippen molar-refractivity contribution in [1.29, 1.82) is 0 Å². The third-order valence-electron chi connectivity index (χ3n) is 7.37. The second-order valence-electron chi connectivity index (χ2n) is 9.46. The molecule has 4 aromatic rings. The second kappa shape index (κ2) is 10.2. The summed E-state index contributed by atoms with van der Waals surface area (Å²) in [6.45, 7) is 9.17. The predicted octanol–water partition coefficient (Wildman–Crippen LogP) is 9.89. The second-order valence-corrected chi connectivity index (χ2v) is 9.46. The molecule has 0 unspecified atom stereocenters. The van der Waals surface area contributed by atoms with Crippen molar-refractivity contribution in [2.24, 2.45) is 0 Å². The van der Waals surface area contributed by atoms with Crippen LogP contribution in [0.4, 0.5) is 0 Å². The molecule has 0 saturated carbocycles. The average Bonchev–Trinajstić information content (AvgIpc) is 2.94. The van der Waals surface area contributed by atoms with Crippen LogP contribution in [0, 0.1) is 0 Å². The fraction of sp³-hybridized carbons (Fsp3) is 0.111. The highest BCUT2D eigenvalue weighted by molar-refractivity contribution is 6.13. The van der Waals surface area contributed by atoms with E-state index in [2.05, 4.69) is 149 Å². The van der Waals surface area contributed by atoms with Crippen molar-refractivity contribution in [3.63, 3.8) is 0 Å². The molecule has 0 fully saturated rings. The van der Waals surface area contributed by atoms with Crippen LogP contribution in [0.25, 0.3) is 22.3 Å². The van der Waals surface area contributed by atoms with E-state index in [0.29, 0.717) is 0 Å². The van der Waals surface area contributed by atoms with Gasteiger partial charge in [-0.1, -0.05) is 121 Å². The van der Waals surface area contributed by atoms with E-state index >= 15 is 0 Å². The first-order valence-electron chi connectivity index (χ1n) is 12.6. The maximum absolute atomic E-state index is 2.29. The lowest BCUT2D eigenvalue weighted by atomic mass is 9.75. The van der Waals surface area contributed by atoms with Crippen molar-refractivity contribution in [2.45, 2.75) is 27.7 Å². The van der Waals surface area contributed by atoms with Crippen LogP contribution >= 0.6 is 0 Å². The SMILES string of the molecule is CC1=C(C)/C(c2ccccc2)=C(c2ccccc2)\C(C)=C(C)/C(c2ccccc2)=C\1c1ccccc1. The molecule has 0 amide bonds. The zero-order chi connectivity index (χ0) is 25.1. The van der Waals surface area contributed by atoms with Gasteiger partial charge in [0.1, 0.15) is 0 Å². The molecular formula is C36H32. The molecule has 0 spiro atoms. The zero-order valence-corrected chi connectivity index (χ0v) is 21.5. The Kier molecular flexibility index (Phi) is 6.69. The molecule has 4 aromatic carbocycles. The van der Waals surface area contributed by atoms with Crippen LogP contribution < -0.4 is 0 Å². The van der Waals surface area contributed by atoms with E-state index < -0.39 is 0 Å². The number of benzene rings is 4. The third-order valence-corrected chi connectivity index (χ3v) is 7.37. The average molecular weight is 465 g/mol. The summed E-state index contributed by atoms with van der Waals surface area (Å²) in [4.78, 5) is 0. The maximum Gasteiger partial charge on any atom is -0.00705 e. The standard InChI is InChI=1S/C36H32/c1-25-26(2)34(30-19-11-6-12-20-30)36(32-23-15-8-16-24-32)28(4)27(3)35(31-21-13-7-14-22-31)33(25)29-17-9-5-10-18-29/h5-24H,1-4H3/b26-25-,28-27-,33-25?,34-26?,35-27?,35-33-,36-28?,36-34-. The highest BCUT2D eigenvalue weighted by atomic mass is 14.3. The lowest BCUT2D eigenvalue weighted by molar-refractivity contribution is 1.32. The van der Waals surface area contributed by atoms with Crippen molar-refractivity contribution in [2.75, 3.05) is 0 Å². The van der Waals surface area contributed by atoms with E-state index in [9.17, 15) is 0 Å². The quantitative estimate of drug-likeness (QED) is 0.282. The van der Waals surface area contributed by atoms with E-state index in [1.807, 2.05) is 0 Å². The van der Waals surface area contributed by atoms with Crippen LogP contribution in [0.3, 0.4) is 0 Å². The van der Waals surface area contributed by atoms with Gasteiger partial charge in [-0.25, -0.2) is 0 Å². The van der Waals surface area contributed by atoms with Gasteiger partial charge in [0, 0.05) is 0 Å². The minimum absolute atomic E-state index is 1.25. The van der Waals surface area contributed by atoms with Crippen molar-refractivity contribution in [1.82, 2.24) is 0 Å². The number of rotatable bonds is 4. The third kappa shape index (κ3) is 4.32. The smallest absolute Gasteiger partial charge is 0.00705 e. The summed E-state index contributed by atoms with van der Waals surface area (Å²) >= 11 is 0. The van der Waals surface area contributed by atoms with E-state index in [1.165, 1.54) is 66.8 Å². The summed E-state index contributed by atoms with van der Waals surface area (Å²) in [5.41, 5.74) is 15.4. The van der Waals surface area contributed by atoms with Gasteiger partial charge in [0.05, 0.1) is 0 Å². The van der Waals surface area contributed by atoms with Gasteiger partial charge in [0.2, 0.25) is 0 Å². The van der Waals surface area contributed by atoms with Gasteiger partial charge in [0.25, 0.3) is 0 Å². The molecule has 0 bridgehead atoms. The molecule has 0 nitrogen and oxygen atoms in total. The molecule has 1 aliphatic rings. The zero-order valence-electron chi connectivity index (χ0n) is 21.5. The lowest BCUT2D eigenvalue weighted by Crippen LogP contribution is -2.06. The van der Waals surface area contributed by atoms with E-state index in [-0.39, 0.29) is 0 Å². The van der Waals surface area contributed by atoms with Gasteiger partial charge < -0.3 is 0 Å². The topological polar surface area (TPSA) is 0 Å². The van der Waals surface area contributed by atoms with Gasteiger partial charge in [-0.2, -0.15) is 0 Å². The Hall–Kier alpha value is -4.16. The number of hydrogen-bond donors (Lipinski definition) is 0. The molecule has 0 heteroatoms. The minimum atomic E-state index is 1.25. The van der Waals surface area contributed by atoms with E-state index in [1.54, 1.807) is 0 Å². The minimum Gasteiger partial charge on any atom is -0.0622 e. The molecule has 176 valence electrons. The van der Waals surface area contributed by atoms with E-state index in [4.69, 9.17) is 0 Å². The van der Waals surface area contributed by atoms with Gasteiger partial charge in [-0.15, -0.1) is 0 Å². The summed E-state index contributed by atoms with van der Waals surface area (Å²) in [5, 5.41) is 0. The molecule has 0 saturated heterocycles. The molecule has 0 N–H and O–H groups in total. The van der Waals surface area contributed by atoms with Gasteiger partial charge >= 0.3 is 0 Å². The molecule has 0 atom stereocenters. The summed E-state index contributed by atoms with van der Waals surface area (Å²) in [5.74, 6) is 0. The van der Waals surface area contributed by atoms with Gasteiger partial charge in [-0.3, -0.25) is 0 Å². The van der Waals surface area contributed by atoms with Crippen LogP contribution in [0.1, 0.15) is 49.9 Å². The lowest BCUT2D eigenvalue weighted by Gasteiger charge is -2.28. The molecule has 5 rings (SSSR count). The van der Waals surface area contributed by atoms with Crippen LogP contribution in [-0.4, -0.2) is 0 Å². The summed E-state index contributed by atoms with van der Waals surface area (Å²) in [6.07, 6.45) is 0. The van der Waals surface area contributed by atoms with Crippen LogP contribution in [0.15, 0.2) is 144 Å². The predicted molar refractivity (Wildman–Crippen MR) is 156 cm³/mol. The fourth-order valence-electron chi connectivity index (χ4n) is 5.36. The Bertz CT molecular complexity index is 1260. The van der Waals surface area contributed by atoms with Crippen molar-refractivity contribution < 1.29 is 0 Å². The summed E-state index contributed by atoms with van der Waals surface area (Å²) < 4.78 is 0. The molecular weight excluding hydrogens is 432 g/mol. The number of hydrogen-bond acceptors (Lipinski definition) is 0. The Morgan fingerprint density at radius 3 is 0.583 bits per heavy atom. The first kappa shape index (κ1) is 23.6. The highest BCUT2D eigenvalue weighted by Crippen LogP contribution is 2.47. The van der Waals surface area contributed by atoms with Crippen LogP contribution in [0.2, 0.25) is 0 Å².